The van der Waals surface area contributed by atoms with Crippen molar-refractivity contribution in [2.45, 2.75) is 52.4 Å². The first kappa shape index (κ1) is 20.4. The van der Waals surface area contributed by atoms with Crippen LogP contribution in [0, 0.1) is 46.3 Å². The highest BCUT2D eigenvalue weighted by atomic mass is 16.2. The zero-order chi connectivity index (χ0) is 22.4. The lowest BCUT2D eigenvalue weighted by Crippen LogP contribution is -2.38. The summed E-state index contributed by atoms with van der Waals surface area (Å²) in [4.78, 5) is 55.0. The Morgan fingerprint density at radius 1 is 0.688 bits per heavy atom. The summed E-state index contributed by atoms with van der Waals surface area (Å²) >= 11 is 0. The minimum atomic E-state index is -0.532. The average Bonchev–Trinajstić information content (AvgIpc) is 3.57. The minimum Gasteiger partial charge on any atom is -0.282 e. The summed E-state index contributed by atoms with van der Waals surface area (Å²) in [6.45, 7) is 4.93. The maximum absolute atomic E-state index is 13.0. The Morgan fingerprint density at radius 3 is 1.47 bits per heavy atom. The van der Waals surface area contributed by atoms with Gasteiger partial charge >= 0.3 is 0 Å². The summed E-state index contributed by atoms with van der Waals surface area (Å²) in [5, 5.41) is 0. The smallest absolute Gasteiger partial charge is 0.236 e. The molecule has 6 heteroatoms. The van der Waals surface area contributed by atoms with Crippen LogP contribution in [0.5, 0.6) is 0 Å². The van der Waals surface area contributed by atoms with E-state index in [0.717, 1.165) is 38.5 Å². The van der Waals surface area contributed by atoms with E-state index in [1.807, 2.05) is 13.8 Å². The lowest BCUT2D eigenvalue weighted by atomic mass is 9.71. The zero-order valence-electron chi connectivity index (χ0n) is 19.0. The lowest BCUT2D eigenvalue weighted by molar-refractivity contribution is -0.143. The van der Waals surface area contributed by atoms with Crippen molar-refractivity contribution in [2.24, 2.45) is 46.3 Å². The van der Waals surface area contributed by atoms with E-state index in [9.17, 15) is 19.2 Å². The molecule has 32 heavy (non-hydrogen) atoms. The second-order valence-corrected chi connectivity index (χ2v) is 11.3. The summed E-state index contributed by atoms with van der Waals surface area (Å²) in [6.07, 6.45) is 13.7. The molecule has 2 heterocycles. The molecule has 0 aromatic heterocycles. The number of fused-ring (bicyclic) bond motifs is 10. The molecule has 0 aromatic carbocycles. The SMILES string of the molecule is C[C@@]12C(=O)N(CCCCCCN3C(=O)[C@H]4[C@@H]5C=C[C@@H](C5)[C@@]4(C)C3=O)C(=O)[C@@H]1[C@H]1C=C[C@@H]2C1. The van der Waals surface area contributed by atoms with Gasteiger partial charge in [0.25, 0.3) is 0 Å². The van der Waals surface area contributed by atoms with Gasteiger partial charge < -0.3 is 0 Å². The first-order valence-electron chi connectivity index (χ1n) is 12.4. The number of hydrogen-bond acceptors (Lipinski definition) is 4. The van der Waals surface area contributed by atoms with E-state index in [1.165, 1.54) is 9.80 Å². The topological polar surface area (TPSA) is 74.8 Å². The third kappa shape index (κ3) is 2.31. The molecule has 6 nitrogen and oxygen atoms in total. The summed E-state index contributed by atoms with van der Waals surface area (Å²) < 4.78 is 0. The molecule has 6 rings (SSSR count). The molecule has 4 fully saturated rings. The predicted octanol–water partition coefficient (Wildman–Crippen LogP) is 2.94. The number of carbonyl (C=O) groups is 4. The number of amides is 4. The van der Waals surface area contributed by atoms with Crippen LogP contribution in [0.3, 0.4) is 0 Å². The Balaban J connectivity index is 0.985. The van der Waals surface area contributed by atoms with Crippen LogP contribution < -0.4 is 0 Å². The molecule has 4 bridgehead atoms. The molecule has 0 spiro atoms. The molecule has 2 saturated carbocycles. The highest BCUT2D eigenvalue weighted by Gasteiger charge is 2.68. The van der Waals surface area contributed by atoms with Crippen molar-refractivity contribution >= 4 is 23.6 Å². The Kier molecular flexibility index (Phi) is 4.23. The Hall–Kier alpha value is -2.24. The molecular weight excluding hydrogens is 404 g/mol. The van der Waals surface area contributed by atoms with E-state index >= 15 is 0 Å². The highest BCUT2D eigenvalue weighted by Crippen LogP contribution is 2.61. The molecule has 170 valence electrons. The summed E-state index contributed by atoms with van der Waals surface area (Å²) in [5.41, 5.74) is -1.06. The third-order valence-corrected chi connectivity index (χ3v) is 9.91. The van der Waals surface area contributed by atoms with Gasteiger partial charge in [-0.15, -0.1) is 0 Å². The van der Waals surface area contributed by atoms with Crippen molar-refractivity contribution in [3.05, 3.63) is 24.3 Å². The Bertz CT molecular complexity index is 906. The van der Waals surface area contributed by atoms with Crippen LogP contribution in [0.15, 0.2) is 24.3 Å². The molecular formula is C26H32N2O4. The fraction of sp³-hybridized carbons (Fsp3) is 0.692. The fourth-order valence-corrected chi connectivity index (χ4v) is 8.09. The third-order valence-electron chi connectivity index (χ3n) is 9.91. The van der Waals surface area contributed by atoms with Gasteiger partial charge in [-0.2, -0.15) is 0 Å². The molecule has 2 aliphatic heterocycles. The first-order valence-corrected chi connectivity index (χ1v) is 12.4. The minimum absolute atomic E-state index is 0.0145. The number of rotatable bonds is 7. The van der Waals surface area contributed by atoms with E-state index in [0.29, 0.717) is 13.1 Å². The van der Waals surface area contributed by atoms with Gasteiger partial charge in [-0.25, -0.2) is 0 Å². The number of imide groups is 2. The average molecular weight is 437 g/mol. The van der Waals surface area contributed by atoms with E-state index in [-0.39, 0.29) is 59.1 Å². The molecule has 0 aromatic rings. The lowest BCUT2D eigenvalue weighted by Gasteiger charge is -2.28. The second-order valence-electron chi connectivity index (χ2n) is 11.3. The molecule has 2 saturated heterocycles. The molecule has 0 unspecified atom stereocenters. The zero-order valence-corrected chi connectivity index (χ0v) is 19.0. The molecule has 4 amide bonds. The summed E-state index contributed by atoms with van der Waals surface area (Å²) in [7, 11) is 0. The maximum atomic E-state index is 13.0. The van der Waals surface area contributed by atoms with Gasteiger partial charge in [0.15, 0.2) is 0 Å². The van der Waals surface area contributed by atoms with Crippen LogP contribution in [0.2, 0.25) is 0 Å². The van der Waals surface area contributed by atoms with Crippen molar-refractivity contribution in [1.82, 2.24) is 9.80 Å². The predicted molar refractivity (Wildman–Crippen MR) is 117 cm³/mol. The standard InChI is InChI=1S/C26H32N2O4/c1-25-17-9-7-15(13-17)19(25)21(29)27(23(25)31)11-5-3-4-6-12-28-22(30)20-16-8-10-18(14-16)26(20,2)24(28)32/h7-10,15-20H,3-6,11-14H2,1-2H3/t15-,16+,17+,18-,19-,20+,25-,26+. The monoisotopic (exact) mass is 436 g/mol. The van der Waals surface area contributed by atoms with Gasteiger partial charge in [-0.05, 0) is 63.2 Å². The van der Waals surface area contributed by atoms with Gasteiger partial charge in [0.05, 0.1) is 22.7 Å². The van der Waals surface area contributed by atoms with E-state index in [2.05, 4.69) is 24.3 Å². The van der Waals surface area contributed by atoms with E-state index in [4.69, 9.17) is 0 Å². The molecule has 8 atom stereocenters. The number of likely N-dealkylation sites (tertiary alicyclic amines) is 2. The molecule has 4 aliphatic carbocycles. The highest BCUT2D eigenvalue weighted by molar-refractivity contribution is 6.09. The van der Waals surface area contributed by atoms with Crippen LogP contribution in [0.4, 0.5) is 0 Å². The summed E-state index contributed by atoms with van der Waals surface area (Å²) in [6, 6.07) is 0. The van der Waals surface area contributed by atoms with Crippen molar-refractivity contribution < 1.29 is 19.2 Å². The van der Waals surface area contributed by atoms with Gasteiger partial charge in [-0.3, -0.25) is 29.0 Å². The Labute approximate surface area is 189 Å². The van der Waals surface area contributed by atoms with Crippen molar-refractivity contribution in [3.8, 4) is 0 Å². The molecule has 6 aliphatic rings. The first-order chi connectivity index (χ1) is 15.3. The Morgan fingerprint density at radius 2 is 1.09 bits per heavy atom. The van der Waals surface area contributed by atoms with Crippen LogP contribution in [0.1, 0.15) is 52.4 Å². The number of carbonyl (C=O) groups excluding carboxylic acids is 4. The van der Waals surface area contributed by atoms with Crippen molar-refractivity contribution in [2.75, 3.05) is 13.1 Å². The van der Waals surface area contributed by atoms with Crippen LogP contribution in [0.25, 0.3) is 0 Å². The van der Waals surface area contributed by atoms with Crippen LogP contribution in [-0.4, -0.2) is 46.5 Å². The normalized spacial score (nSPS) is 45.2. The van der Waals surface area contributed by atoms with Gasteiger partial charge in [0.2, 0.25) is 23.6 Å². The van der Waals surface area contributed by atoms with E-state index < -0.39 is 10.8 Å². The van der Waals surface area contributed by atoms with Gasteiger partial charge in [-0.1, -0.05) is 37.1 Å². The fourth-order valence-electron chi connectivity index (χ4n) is 8.09. The largest absolute Gasteiger partial charge is 0.282 e. The van der Waals surface area contributed by atoms with Crippen LogP contribution in [-0.2, 0) is 19.2 Å². The van der Waals surface area contributed by atoms with Gasteiger partial charge in [0.1, 0.15) is 0 Å². The van der Waals surface area contributed by atoms with Crippen molar-refractivity contribution in [1.29, 1.82) is 0 Å². The molecule has 0 radical (unpaired) electrons. The van der Waals surface area contributed by atoms with Gasteiger partial charge in [0, 0.05) is 13.1 Å². The number of unbranched alkanes of at least 4 members (excludes halogenated alkanes) is 3. The maximum Gasteiger partial charge on any atom is 0.236 e. The van der Waals surface area contributed by atoms with E-state index in [1.54, 1.807) is 0 Å². The molecule has 0 N–H and O–H groups in total. The van der Waals surface area contributed by atoms with Crippen LogP contribution >= 0.6 is 0 Å². The van der Waals surface area contributed by atoms with Crippen molar-refractivity contribution in [3.63, 3.8) is 0 Å². The number of nitrogens with zero attached hydrogens (tertiary/aromatic N) is 2. The number of allylic oxidation sites excluding steroid dienone is 4. The summed E-state index contributed by atoms with van der Waals surface area (Å²) in [5.74, 6) is 0.619. The number of hydrogen-bond donors (Lipinski definition) is 0. The quantitative estimate of drug-likeness (QED) is 0.349. The second kappa shape index (κ2) is 6.64.